The van der Waals surface area contributed by atoms with Crippen LogP contribution >= 0.6 is 11.6 Å². The fourth-order valence-corrected chi connectivity index (χ4v) is 7.11. The predicted molar refractivity (Wildman–Crippen MR) is 166 cm³/mol. The molecule has 3 aliphatic rings. The van der Waals surface area contributed by atoms with E-state index in [1.165, 1.54) is 4.57 Å². The Bertz CT molecular complexity index is 2020. The first-order valence-electron chi connectivity index (χ1n) is 15.3. The second-order valence-corrected chi connectivity index (χ2v) is 12.5. The molecule has 5 heterocycles. The molecule has 2 N–H and O–H groups in total. The van der Waals surface area contributed by atoms with Gasteiger partial charge in [0.2, 0.25) is 11.7 Å². The number of likely N-dealkylation sites (tertiary alicyclic amines) is 1. The number of ether oxygens (including phenoxy) is 1. The summed E-state index contributed by atoms with van der Waals surface area (Å²) in [6, 6.07) is 7.67. The number of halogens is 4. The second kappa shape index (κ2) is 12.1. The summed E-state index contributed by atoms with van der Waals surface area (Å²) in [5.41, 5.74) is -0.731. The number of alkyl halides is 3. The monoisotopic (exact) mass is 683 g/mol. The van der Waals surface area contributed by atoms with Gasteiger partial charge in [-0.1, -0.05) is 23.7 Å². The lowest BCUT2D eigenvalue weighted by molar-refractivity contribution is -0.137. The van der Waals surface area contributed by atoms with E-state index >= 15 is 0 Å². The van der Waals surface area contributed by atoms with Crippen molar-refractivity contribution < 1.29 is 32.6 Å². The van der Waals surface area contributed by atoms with Crippen LogP contribution in [0.4, 0.5) is 18.9 Å². The van der Waals surface area contributed by atoms with Gasteiger partial charge in [-0.2, -0.15) is 22.7 Å². The molecule has 1 fully saturated rings. The van der Waals surface area contributed by atoms with Gasteiger partial charge in [0, 0.05) is 30.3 Å². The number of nitrogens with one attached hydrogen (secondary N) is 1. The molecule has 1 aromatic carbocycles. The molecule has 4 aromatic rings. The number of rotatable bonds is 5. The van der Waals surface area contributed by atoms with Crippen LogP contribution in [0.3, 0.4) is 0 Å². The maximum atomic E-state index is 14.3. The number of pyridine rings is 1. The van der Waals surface area contributed by atoms with Crippen molar-refractivity contribution in [2.24, 2.45) is 0 Å². The molecule has 7 rings (SSSR count). The summed E-state index contributed by atoms with van der Waals surface area (Å²) in [4.78, 5) is 51.3. The predicted octanol–water partition coefficient (Wildman–Crippen LogP) is 4.01. The smallest absolute Gasteiger partial charge is 0.387 e. The molecule has 48 heavy (non-hydrogen) atoms. The Kier molecular flexibility index (Phi) is 8.08. The number of piperidine rings is 1. The third kappa shape index (κ3) is 5.65. The number of anilines is 1. The molecule has 0 radical (unpaired) electrons. The van der Waals surface area contributed by atoms with Crippen LogP contribution in [-0.4, -0.2) is 72.3 Å². The van der Waals surface area contributed by atoms with Gasteiger partial charge < -0.3 is 24.6 Å². The molecule has 12 nitrogen and oxygen atoms in total. The summed E-state index contributed by atoms with van der Waals surface area (Å²) in [5, 5.41) is 18.3. The van der Waals surface area contributed by atoms with Crippen LogP contribution < -0.4 is 10.9 Å². The van der Waals surface area contributed by atoms with Gasteiger partial charge in [0.15, 0.2) is 5.82 Å². The van der Waals surface area contributed by atoms with Crippen LogP contribution in [0.2, 0.25) is 5.02 Å². The first-order valence-corrected chi connectivity index (χ1v) is 15.7. The summed E-state index contributed by atoms with van der Waals surface area (Å²) in [5.74, 6) is -0.614. The van der Waals surface area contributed by atoms with E-state index in [1.807, 2.05) is 6.08 Å². The average Bonchev–Trinajstić information content (AvgIpc) is 3.64. The van der Waals surface area contributed by atoms with Crippen molar-refractivity contribution in [2.45, 2.75) is 49.9 Å². The molecule has 1 aliphatic carbocycles. The van der Waals surface area contributed by atoms with Crippen LogP contribution in [0.15, 0.2) is 53.5 Å². The van der Waals surface area contributed by atoms with Gasteiger partial charge >= 0.3 is 6.18 Å². The van der Waals surface area contributed by atoms with Crippen molar-refractivity contribution >= 4 is 40.5 Å². The number of nitrogens with zero attached hydrogens (tertiary/aromatic N) is 6. The first-order chi connectivity index (χ1) is 22.9. The Hall–Kier alpha value is -4.60. The molecule has 2 amide bonds. The molecule has 1 unspecified atom stereocenters. The fourth-order valence-electron chi connectivity index (χ4n) is 6.88. The zero-order chi connectivity index (χ0) is 33.8. The Labute approximate surface area is 275 Å². The molecule has 1 saturated heterocycles. The highest BCUT2D eigenvalue weighted by atomic mass is 35.5. The minimum Gasteiger partial charge on any atom is -0.387 e. The number of benzene rings is 1. The van der Waals surface area contributed by atoms with Gasteiger partial charge in [0.25, 0.3) is 11.5 Å². The fraction of sp³-hybridized carbons (Fsp3) is 0.375. The Morgan fingerprint density at radius 3 is 2.62 bits per heavy atom. The number of aliphatic hydroxyl groups is 1. The summed E-state index contributed by atoms with van der Waals surface area (Å²) in [7, 11) is 0. The molecule has 1 spiro atoms. The van der Waals surface area contributed by atoms with E-state index in [0.29, 0.717) is 56.8 Å². The van der Waals surface area contributed by atoms with Crippen molar-refractivity contribution in [3.63, 3.8) is 0 Å². The summed E-state index contributed by atoms with van der Waals surface area (Å²) >= 11 is 6.10. The molecule has 250 valence electrons. The standard InChI is InChI=1S/C32H29ClF3N7O5/c33-20-15-19(32(34,35)36)4-5-21(20)38-24(45)17-42-26-23(44)16-31(8-11-41(12-9-31)28(46)22-3-1-2-10-37-22)25(26)29(47)43-30(42)39-27(40-43)18-6-13-48-14-7-18/h1-6,10,15,23,44H,7-9,11-14,16-17H2,(H,38,45). The summed E-state index contributed by atoms with van der Waals surface area (Å²) in [6.07, 6.45) is -0.997. The van der Waals surface area contributed by atoms with Gasteiger partial charge in [0.05, 0.1) is 41.3 Å². The molecule has 0 saturated carbocycles. The number of hydrogen-bond acceptors (Lipinski definition) is 8. The highest BCUT2D eigenvalue weighted by Gasteiger charge is 2.50. The van der Waals surface area contributed by atoms with Crippen molar-refractivity contribution in [3.8, 4) is 0 Å². The SMILES string of the molecule is O=C(Cn1c2c(c(=O)n3nc(C4=CCOCC4)nc13)C1(CCN(C(=O)c3ccccn3)CC1)CC2O)Nc1ccc(C(F)(F)F)cc1Cl. The number of carbonyl (C=O) groups is 2. The van der Waals surface area contributed by atoms with Crippen molar-refractivity contribution in [1.82, 2.24) is 29.0 Å². The third-order valence-corrected chi connectivity index (χ3v) is 9.54. The molecule has 0 bridgehead atoms. The molecular formula is C32H29ClF3N7O5. The molecule has 16 heteroatoms. The zero-order valence-corrected chi connectivity index (χ0v) is 26.1. The normalized spacial score (nSPS) is 19.0. The molecule has 2 aliphatic heterocycles. The van der Waals surface area contributed by atoms with E-state index in [-0.39, 0.29) is 40.3 Å². The van der Waals surface area contributed by atoms with Gasteiger partial charge in [-0.15, -0.1) is 5.10 Å². The first kappa shape index (κ1) is 32.0. The second-order valence-electron chi connectivity index (χ2n) is 12.1. The van der Waals surface area contributed by atoms with E-state index in [2.05, 4.69) is 20.4 Å². The van der Waals surface area contributed by atoms with Crippen molar-refractivity contribution in [1.29, 1.82) is 0 Å². The average molecular weight is 684 g/mol. The van der Waals surface area contributed by atoms with Gasteiger partial charge in [-0.25, -0.2) is 0 Å². The third-order valence-electron chi connectivity index (χ3n) is 9.23. The number of fused-ring (bicyclic) bond motifs is 3. The lowest BCUT2D eigenvalue weighted by Crippen LogP contribution is -2.46. The lowest BCUT2D eigenvalue weighted by Gasteiger charge is -2.39. The molecular weight excluding hydrogens is 655 g/mol. The highest BCUT2D eigenvalue weighted by Crippen LogP contribution is 2.49. The van der Waals surface area contributed by atoms with Crippen molar-refractivity contribution in [2.75, 3.05) is 31.6 Å². The summed E-state index contributed by atoms with van der Waals surface area (Å²) in [6.45, 7) is 0.940. The van der Waals surface area contributed by atoms with E-state index in [9.17, 15) is 32.7 Å². The number of hydrogen-bond donors (Lipinski definition) is 2. The van der Waals surface area contributed by atoms with Crippen LogP contribution in [0.5, 0.6) is 0 Å². The van der Waals surface area contributed by atoms with Gasteiger partial charge in [0.1, 0.15) is 12.2 Å². The van der Waals surface area contributed by atoms with E-state index in [0.717, 1.165) is 28.3 Å². The quantitative estimate of drug-likeness (QED) is 0.321. The largest absolute Gasteiger partial charge is 0.416 e. The number of amides is 2. The van der Waals surface area contributed by atoms with Crippen LogP contribution in [0.1, 0.15) is 64.9 Å². The Balaban J connectivity index is 1.27. The lowest BCUT2D eigenvalue weighted by atomic mass is 9.74. The van der Waals surface area contributed by atoms with Gasteiger partial charge in [-0.3, -0.25) is 19.4 Å². The van der Waals surface area contributed by atoms with E-state index < -0.39 is 41.3 Å². The zero-order valence-electron chi connectivity index (χ0n) is 25.3. The number of aromatic nitrogens is 5. The van der Waals surface area contributed by atoms with Crippen LogP contribution in [0, 0.1) is 0 Å². The minimum atomic E-state index is -4.62. The van der Waals surface area contributed by atoms with Crippen molar-refractivity contribution in [3.05, 3.63) is 92.4 Å². The number of aliphatic hydroxyl groups excluding tert-OH is 1. The minimum absolute atomic E-state index is 0.0219. The topological polar surface area (TPSA) is 144 Å². The van der Waals surface area contributed by atoms with E-state index in [1.54, 1.807) is 29.3 Å². The number of carbonyl (C=O) groups excluding carboxylic acids is 2. The molecule has 3 aromatic heterocycles. The maximum Gasteiger partial charge on any atom is 0.416 e. The van der Waals surface area contributed by atoms with Crippen LogP contribution in [0.25, 0.3) is 11.4 Å². The summed E-state index contributed by atoms with van der Waals surface area (Å²) < 4.78 is 47.5. The van der Waals surface area contributed by atoms with Gasteiger partial charge in [-0.05, 0) is 61.6 Å². The highest BCUT2D eigenvalue weighted by molar-refractivity contribution is 6.33. The van der Waals surface area contributed by atoms with E-state index in [4.69, 9.17) is 16.3 Å². The Morgan fingerprint density at radius 1 is 1.17 bits per heavy atom. The maximum absolute atomic E-state index is 14.3. The Morgan fingerprint density at radius 2 is 1.96 bits per heavy atom. The molecule has 1 atom stereocenters. The van der Waals surface area contributed by atoms with Crippen LogP contribution in [-0.2, 0) is 27.7 Å².